The second-order valence-corrected chi connectivity index (χ2v) is 5.99. The molecule has 1 aliphatic heterocycles. The van der Waals surface area contributed by atoms with Crippen LogP contribution in [0.25, 0.3) is 0 Å². The Balaban J connectivity index is 1.65. The standard InChI is InChI=1S/C18H28N2O2/c1-22-17-9-7-16(8-10-17)11-12-19-18(21)15-20-13-5-3-2-4-6-14-20/h7-10H,2-6,11-15H2,1H3,(H,19,21). The lowest BCUT2D eigenvalue weighted by molar-refractivity contribution is -0.122. The first kappa shape index (κ1) is 16.8. The molecule has 4 nitrogen and oxygen atoms in total. The van der Waals surface area contributed by atoms with Crippen LogP contribution in [0.3, 0.4) is 0 Å². The molecule has 0 bridgehead atoms. The lowest BCUT2D eigenvalue weighted by Gasteiger charge is -2.23. The Morgan fingerprint density at radius 1 is 1.09 bits per heavy atom. The lowest BCUT2D eigenvalue weighted by Crippen LogP contribution is -2.39. The molecule has 2 rings (SSSR count). The largest absolute Gasteiger partial charge is 0.497 e. The molecule has 1 saturated heterocycles. The fourth-order valence-electron chi connectivity index (χ4n) is 2.87. The minimum Gasteiger partial charge on any atom is -0.497 e. The number of hydrogen-bond donors (Lipinski definition) is 1. The van der Waals surface area contributed by atoms with Crippen molar-refractivity contribution in [1.82, 2.24) is 10.2 Å². The maximum Gasteiger partial charge on any atom is 0.234 e. The number of methoxy groups -OCH3 is 1. The summed E-state index contributed by atoms with van der Waals surface area (Å²) >= 11 is 0. The molecule has 0 saturated carbocycles. The average molecular weight is 304 g/mol. The van der Waals surface area contributed by atoms with Crippen molar-refractivity contribution in [3.63, 3.8) is 0 Å². The molecule has 122 valence electrons. The van der Waals surface area contributed by atoms with Crippen molar-refractivity contribution in [2.45, 2.75) is 38.5 Å². The minimum absolute atomic E-state index is 0.147. The zero-order chi connectivity index (χ0) is 15.6. The third-order valence-electron chi connectivity index (χ3n) is 4.21. The van der Waals surface area contributed by atoms with Gasteiger partial charge in [-0.2, -0.15) is 0 Å². The Hall–Kier alpha value is -1.55. The summed E-state index contributed by atoms with van der Waals surface area (Å²) in [6.45, 7) is 3.36. The topological polar surface area (TPSA) is 41.6 Å². The van der Waals surface area contributed by atoms with Gasteiger partial charge in [-0.05, 0) is 50.0 Å². The van der Waals surface area contributed by atoms with E-state index in [0.29, 0.717) is 13.1 Å². The van der Waals surface area contributed by atoms with Gasteiger partial charge in [0, 0.05) is 6.54 Å². The van der Waals surface area contributed by atoms with Crippen molar-refractivity contribution >= 4 is 5.91 Å². The van der Waals surface area contributed by atoms with Gasteiger partial charge in [0.25, 0.3) is 0 Å². The van der Waals surface area contributed by atoms with E-state index in [-0.39, 0.29) is 5.91 Å². The molecule has 22 heavy (non-hydrogen) atoms. The van der Waals surface area contributed by atoms with Gasteiger partial charge in [0.2, 0.25) is 5.91 Å². The van der Waals surface area contributed by atoms with Crippen LogP contribution in [0, 0.1) is 0 Å². The van der Waals surface area contributed by atoms with Crippen LogP contribution in [0.1, 0.15) is 37.7 Å². The predicted octanol–water partition coefficient (Wildman–Crippen LogP) is 2.62. The summed E-state index contributed by atoms with van der Waals surface area (Å²) < 4.78 is 5.14. The molecule has 0 spiro atoms. The van der Waals surface area contributed by atoms with Crippen molar-refractivity contribution in [3.05, 3.63) is 29.8 Å². The third-order valence-corrected chi connectivity index (χ3v) is 4.21. The molecule has 1 heterocycles. The number of likely N-dealkylation sites (tertiary alicyclic amines) is 1. The fourth-order valence-corrected chi connectivity index (χ4v) is 2.87. The summed E-state index contributed by atoms with van der Waals surface area (Å²) in [5, 5.41) is 3.03. The van der Waals surface area contributed by atoms with Gasteiger partial charge in [0.15, 0.2) is 0 Å². The Kier molecular flexibility index (Phi) is 7.23. The van der Waals surface area contributed by atoms with Crippen LogP contribution < -0.4 is 10.1 Å². The summed E-state index contributed by atoms with van der Waals surface area (Å²) in [6, 6.07) is 8.00. The highest BCUT2D eigenvalue weighted by atomic mass is 16.5. The molecule has 0 unspecified atom stereocenters. The smallest absolute Gasteiger partial charge is 0.234 e. The molecule has 1 amide bonds. The van der Waals surface area contributed by atoms with Crippen LogP contribution in [0.2, 0.25) is 0 Å². The summed E-state index contributed by atoms with van der Waals surface area (Å²) in [4.78, 5) is 14.3. The minimum atomic E-state index is 0.147. The van der Waals surface area contributed by atoms with E-state index in [1.807, 2.05) is 24.3 Å². The predicted molar refractivity (Wildman–Crippen MR) is 89.2 cm³/mol. The first-order chi connectivity index (χ1) is 10.8. The maximum absolute atomic E-state index is 12.0. The number of nitrogens with zero attached hydrogens (tertiary/aromatic N) is 1. The number of carbonyl (C=O) groups is 1. The Bertz CT molecular complexity index is 437. The van der Waals surface area contributed by atoms with E-state index in [9.17, 15) is 4.79 Å². The summed E-state index contributed by atoms with van der Waals surface area (Å²) in [5.74, 6) is 1.01. The van der Waals surface area contributed by atoms with Gasteiger partial charge in [0.05, 0.1) is 13.7 Å². The molecule has 0 radical (unpaired) electrons. The van der Waals surface area contributed by atoms with E-state index >= 15 is 0 Å². The van der Waals surface area contributed by atoms with Gasteiger partial charge < -0.3 is 10.1 Å². The number of amides is 1. The van der Waals surface area contributed by atoms with E-state index in [2.05, 4.69) is 10.2 Å². The summed E-state index contributed by atoms with van der Waals surface area (Å²) in [6.07, 6.45) is 7.25. The summed E-state index contributed by atoms with van der Waals surface area (Å²) in [5.41, 5.74) is 1.22. The fraction of sp³-hybridized carbons (Fsp3) is 0.611. The normalized spacial score (nSPS) is 16.6. The third kappa shape index (κ3) is 6.06. The Labute approximate surface area is 133 Å². The number of ether oxygens (including phenoxy) is 1. The van der Waals surface area contributed by atoms with Gasteiger partial charge in [0.1, 0.15) is 5.75 Å². The molecular weight excluding hydrogens is 276 g/mol. The second kappa shape index (κ2) is 9.46. The molecule has 1 aliphatic rings. The zero-order valence-corrected chi connectivity index (χ0v) is 13.6. The quantitative estimate of drug-likeness (QED) is 0.878. The number of rotatable bonds is 6. The molecule has 4 heteroatoms. The van der Waals surface area contributed by atoms with Crippen LogP contribution in [0.4, 0.5) is 0 Å². The lowest BCUT2D eigenvalue weighted by atomic mass is 10.1. The zero-order valence-electron chi connectivity index (χ0n) is 13.6. The first-order valence-corrected chi connectivity index (χ1v) is 8.40. The Morgan fingerprint density at radius 2 is 1.73 bits per heavy atom. The molecule has 0 atom stereocenters. The van der Waals surface area contributed by atoms with Crippen molar-refractivity contribution in [2.24, 2.45) is 0 Å². The van der Waals surface area contributed by atoms with Crippen molar-refractivity contribution in [1.29, 1.82) is 0 Å². The molecule has 1 aromatic rings. The molecule has 0 aromatic heterocycles. The van der Waals surface area contributed by atoms with Crippen molar-refractivity contribution in [3.8, 4) is 5.75 Å². The second-order valence-electron chi connectivity index (χ2n) is 5.99. The number of hydrogen-bond acceptors (Lipinski definition) is 3. The Morgan fingerprint density at radius 3 is 2.36 bits per heavy atom. The molecule has 1 N–H and O–H groups in total. The van der Waals surface area contributed by atoms with Gasteiger partial charge in [-0.1, -0.05) is 31.4 Å². The van der Waals surface area contributed by atoms with E-state index < -0.39 is 0 Å². The van der Waals surface area contributed by atoms with Crippen LogP contribution in [-0.2, 0) is 11.2 Å². The van der Waals surface area contributed by atoms with Gasteiger partial charge in [-0.15, -0.1) is 0 Å². The maximum atomic E-state index is 12.0. The highest BCUT2D eigenvalue weighted by molar-refractivity contribution is 5.78. The van der Waals surface area contributed by atoms with E-state index in [4.69, 9.17) is 4.74 Å². The molecule has 0 aliphatic carbocycles. The van der Waals surface area contributed by atoms with Gasteiger partial charge in [-0.25, -0.2) is 0 Å². The van der Waals surface area contributed by atoms with Crippen molar-refractivity contribution in [2.75, 3.05) is 33.3 Å². The number of benzene rings is 1. The van der Waals surface area contributed by atoms with E-state index in [1.54, 1.807) is 7.11 Å². The molecule has 1 fully saturated rings. The molecular formula is C18H28N2O2. The van der Waals surface area contributed by atoms with Gasteiger partial charge in [-0.3, -0.25) is 9.69 Å². The van der Waals surface area contributed by atoms with E-state index in [0.717, 1.165) is 25.3 Å². The van der Waals surface area contributed by atoms with Crippen molar-refractivity contribution < 1.29 is 9.53 Å². The highest BCUT2D eigenvalue weighted by Crippen LogP contribution is 2.11. The van der Waals surface area contributed by atoms with Gasteiger partial charge >= 0.3 is 0 Å². The highest BCUT2D eigenvalue weighted by Gasteiger charge is 2.11. The first-order valence-electron chi connectivity index (χ1n) is 8.40. The van der Waals surface area contributed by atoms with Crippen LogP contribution in [0.15, 0.2) is 24.3 Å². The van der Waals surface area contributed by atoms with Crippen LogP contribution >= 0.6 is 0 Å². The van der Waals surface area contributed by atoms with E-state index in [1.165, 1.54) is 37.7 Å². The van der Waals surface area contributed by atoms with Crippen LogP contribution in [0.5, 0.6) is 5.75 Å². The summed E-state index contributed by atoms with van der Waals surface area (Å²) in [7, 11) is 1.67. The molecule has 1 aromatic carbocycles. The SMILES string of the molecule is COc1ccc(CCNC(=O)CN2CCCCCCC2)cc1. The van der Waals surface area contributed by atoms with Crippen LogP contribution in [-0.4, -0.2) is 44.1 Å². The monoisotopic (exact) mass is 304 g/mol. The number of nitrogens with one attached hydrogen (secondary N) is 1. The average Bonchev–Trinajstić information content (AvgIpc) is 2.50. The number of carbonyl (C=O) groups excluding carboxylic acids is 1.